The second-order valence-corrected chi connectivity index (χ2v) is 5.22. The summed E-state index contributed by atoms with van der Waals surface area (Å²) in [6.45, 7) is 1.59. The van der Waals surface area contributed by atoms with Gasteiger partial charge in [0.2, 0.25) is 0 Å². The minimum atomic E-state index is -0.987. The van der Waals surface area contributed by atoms with E-state index >= 15 is 0 Å². The monoisotopic (exact) mass is 269 g/mol. The molecule has 18 heavy (non-hydrogen) atoms. The standard InChI is InChI=1S/C11H15N3O3S/c1-7(10-12-4-5-18-10)13-11(17)14(6-9(15)16)8-2-3-8/h4-5,7-8H,2-3,6H2,1H3,(H,13,17)(H,15,16). The summed E-state index contributed by atoms with van der Waals surface area (Å²) in [5.41, 5.74) is 0. The van der Waals surface area contributed by atoms with Crippen molar-refractivity contribution >= 4 is 23.3 Å². The highest BCUT2D eigenvalue weighted by atomic mass is 32.1. The van der Waals surface area contributed by atoms with Gasteiger partial charge in [-0.2, -0.15) is 0 Å². The van der Waals surface area contributed by atoms with Crippen molar-refractivity contribution < 1.29 is 14.7 Å². The third kappa shape index (κ3) is 3.19. The first-order chi connectivity index (χ1) is 8.58. The molecule has 2 rings (SSSR count). The van der Waals surface area contributed by atoms with E-state index in [1.54, 1.807) is 6.20 Å². The minimum Gasteiger partial charge on any atom is -0.480 e. The molecular weight excluding hydrogens is 254 g/mol. The van der Waals surface area contributed by atoms with E-state index in [9.17, 15) is 9.59 Å². The Kier molecular flexibility index (Phi) is 3.81. The number of rotatable bonds is 5. The average molecular weight is 269 g/mol. The van der Waals surface area contributed by atoms with Gasteiger partial charge in [-0.15, -0.1) is 11.3 Å². The number of urea groups is 1. The zero-order valence-corrected chi connectivity index (χ0v) is 10.8. The molecular formula is C11H15N3O3S. The van der Waals surface area contributed by atoms with Crippen LogP contribution in [0.15, 0.2) is 11.6 Å². The van der Waals surface area contributed by atoms with Gasteiger partial charge in [-0.25, -0.2) is 9.78 Å². The molecule has 2 N–H and O–H groups in total. The second kappa shape index (κ2) is 5.34. The van der Waals surface area contributed by atoms with E-state index in [-0.39, 0.29) is 24.7 Å². The Labute approximate surface area is 109 Å². The fourth-order valence-corrected chi connectivity index (χ4v) is 2.32. The van der Waals surface area contributed by atoms with Crippen molar-refractivity contribution in [2.75, 3.05) is 6.54 Å². The molecule has 1 heterocycles. The molecule has 6 nitrogen and oxygen atoms in total. The molecule has 2 amide bonds. The highest BCUT2D eigenvalue weighted by molar-refractivity contribution is 7.09. The quantitative estimate of drug-likeness (QED) is 0.847. The van der Waals surface area contributed by atoms with Crippen LogP contribution in [0.2, 0.25) is 0 Å². The normalized spacial score (nSPS) is 16.1. The van der Waals surface area contributed by atoms with Gasteiger partial charge in [-0.3, -0.25) is 4.79 Å². The van der Waals surface area contributed by atoms with Gasteiger partial charge >= 0.3 is 12.0 Å². The summed E-state index contributed by atoms with van der Waals surface area (Å²) in [7, 11) is 0. The first-order valence-electron chi connectivity index (χ1n) is 5.76. The molecule has 1 aliphatic carbocycles. The molecule has 1 fully saturated rings. The van der Waals surface area contributed by atoms with Crippen molar-refractivity contribution in [3.05, 3.63) is 16.6 Å². The molecule has 0 spiro atoms. The van der Waals surface area contributed by atoms with E-state index in [4.69, 9.17) is 5.11 Å². The van der Waals surface area contributed by atoms with Gasteiger partial charge in [0.05, 0.1) is 6.04 Å². The van der Waals surface area contributed by atoms with Crippen LogP contribution in [0.25, 0.3) is 0 Å². The number of nitrogens with one attached hydrogen (secondary N) is 1. The van der Waals surface area contributed by atoms with Crippen molar-refractivity contribution in [3.63, 3.8) is 0 Å². The highest BCUT2D eigenvalue weighted by Crippen LogP contribution is 2.27. The number of carboxylic acids is 1. The molecule has 0 aromatic carbocycles. The lowest BCUT2D eigenvalue weighted by molar-refractivity contribution is -0.137. The molecule has 0 aliphatic heterocycles. The summed E-state index contributed by atoms with van der Waals surface area (Å²) in [5, 5.41) is 14.2. The van der Waals surface area contributed by atoms with Gasteiger partial charge in [0.15, 0.2) is 0 Å². The van der Waals surface area contributed by atoms with Crippen molar-refractivity contribution in [3.8, 4) is 0 Å². The Morgan fingerprint density at radius 2 is 2.39 bits per heavy atom. The topological polar surface area (TPSA) is 82.5 Å². The van der Waals surface area contributed by atoms with Gasteiger partial charge in [0.25, 0.3) is 0 Å². The zero-order valence-electron chi connectivity index (χ0n) is 10.00. The van der Waals surface area contributed by atoms with Crippen LogP contribution in [0.5, 0.6) is 0 Å². The lowest BCUT2D eigenvalue weighted by atomic mass is 10.3. The smallest absolute Gasteiger partial charge is 0.323 e. The number of carboxylic acid groups (broad SMARTS) is 1. The molecule has 0 saturated heterocycles. The number of aromatic nitrogens is 1. The maximum absolute atomic E-state index is 12.0. The van der Waals surface area contributed by atoms with Crippen LogP contribution in [-0.2, 0) is 4.79 Å². The maximum atomic E-state index is 12.0. The van der Waals surface area contributed by atoms with E-state index < -0.39 is 5.97 Å². The molecule has 1 aromatic rings. The Hall–Kier alpha value is -1.63. The van der Waals surface area contributed by atoms with Gasteiger partial charge in [-0.05, 0) is 19.8 Å². The SMILES string of the molecule is CC(NC(=O)N(CC(=O)O)C1CC1)c1nccs1. The van der Waals surface area contributed by atoms with Crippen LogP contribution in [0, 0.1) is 0 Å². The summed E-state index contributed by atoms with van der Waals surface area (Å²) >= 11 is 1.46. The van der Waals surface area contributed by atoms with E-state index in [0.29, 0.717) is 0 Å². The first kappa shape index (κ1) is 12.8. The predicted molar refractivity (Wildman–Crippen MR) is 66.4 cm³/mol. The number of carbonyl (C=O) groups excluding carboxylic acids is 1. The van der Waals surface area contributed by atoms with Crippen molar-refractivity contribution in [1.29, 1.82) is 0 Å². The van der Waals surface area contributed by atoms with Gasteiger partial charge in [-0.1, -0.05) is 0 Å². The molecule has 98 valence electrons. The largest absolute Gasteiger partial charge is 0.480 e. The number of hydrogen-bond acceptors (Lipinski definition) is 4. The number of amides is 2. The molecule has 1 unspecified atom stereocenters. The number of nitrogens with zero attached hydrogens (tertiary/aromatic N) is 2. The Balaban J connectivity index is 1.94. The fraction of sp³-hybridized carbons (Fsp3) is 0.545. The van der Waals surface area contributed by atoms with Crippen LogP contribution < -0.4 is 5.32 Å². The molecule has 1 atom stereocenters. The minimum absolute atomic E-state index is 0.0737. The second-order valence-electron chi connectivity index (χ2n) is 4.29. The van der Waals surface area contributed by atoms with Crippen molar-refractivity contribution in [1.82, 2.24) is 15.2 Å². The summed E-state index contributed by atoms with van der Waals surface area (Å²) in [6, 6.07) is -0.459. The molecule has 1 aromatic heterocycles. The summed E-state index contributed by atoms with van der Waals surface area (Å²) < 4.78 is 0. The lowest BCUT2D eigenvalue weighted by Crippen LogP contribution is -2.44. The van der Waals surface area contributed by atoms with Crippen LogP contribution in [0.3, 0.4) is 0 Å². The molecule has 7 heteroatoms. The predicted octanol–water partition coefficient (Wildman–Crippen LogP) is 1.46. The summed E-state index contributed by atoms with van der Waals surface area (Å²) in [6.07, 6.45) is 3.44. The summed E-state index contributed by atoms with van der Waals surface area (Å²) in [5.74, 6) is -0.987. The zero-order chi connectivity index (χ0) is 13.1. The van der Waals surface area contributed by atoms with Crippen LogP contribution in [0.4, 0.5) is 4.79 Å². The summed E-state index contributed by atoms with van der Waals surface area (Å²) in [4.78, 5) is 28.2. The van der Waals surface area contributed by atoms with Crippen molar-refractivity contribution in [2.45, 2.75) is 31.8 Å². The van der Waals surface area contributed by atoms with Crippen molar-refractivity contribution in [2.24, 2.45) is 0 Å². The average Bonchev–Trinajstić information content (AvgIpc) is 2.99. The molecule has 0 radical (unpaired) electrons. The maximum Gasteiger partial charge on any atom is 0.323 e. The molecule has 0 bridgehead atoms. The van der Waals surface area contributed by atoms with E-state index in [2.05, 4.69) is 10.3 Å². The number of carbonyl (C=O) groups is 2. The third-order valence-corrected chi connectivity index (χ3v) is 3.67. The Bertz CT molecular complexity index is 431. The Morgan fingerprint density at radius 3 is 2.89 bits per heavy atom. The number of hydrogen-bond donors (Lipinski definition) is 2. The van der Waals surface area contributed by atoms with Gasteiger partial charge in [0.1, 0.15) is 11.6 Å². The number of aliphatic carboxylic acids is 1. The Morgan fingerprint density at radius 1 is 1.67 bits per heavy atom. The fourth-order valence-electron chi connectivity index (χ4n) is 1.68. The molecule has 1 aliphatic rings. The lowest BCUT2D eigenvalue weighted by Gasteiger charge is -2.22. The van der Waals surface area contributed by atoms with Crippen LogP contribution in [0.1, 0.15) is 30.8 Å². The number of thiazole rings is 1. The van der Waals surface area contributed by atoms with Gasteiger partial charge in [0, 0.05) is 17.6 Å². The third-order valence-electron chi connectivity index (χ3n) is 2.72. The molecule has 1 saturated carbocycles. The van der Waals surface area contributed by atoms with E-state index in [0.717, 1.165) is 17.8 Å². The van der Waals surface area contributed by atoms with Gasteiger partial charge < -0.3 is 15.3 Å². The first-order valence-corrected chi connectivity index (χ1v) is 6.64. The van der Waals surface area contributed by atoms with Crippen LogP contribution in [-0.4, -0.2) is 39.6 Å². The van der Waals surface area contributed by atoms with Crippen LogP contribution >= 0.6 is 11.3 Å². The highest BCUT2D eigenvalue weighted by Gasteiger charge is 2.34. The van der Waals surface area contributed by atoms with E-state index in [1.165, 1.54) is 16.2 Å². The van der Waals surface area contributed by atoms with E-state index in [1.807, 2.05) is 12.3 Å².